The average Bonchev–Trinajstić information content (AvgIpc) is 3.25. The zero-order valence-corrected chi connectivity index (χ0v) is 25.8. The number of hydrogen-bond donors (Lipinski definition) is 1. The number of carbonyl (C=O) groups is 1. The van der Waals surface area contributed by atoms with Crippen molar-refractivity contribution in [2.45, 2.75) is 62.8 Å². The molecular formula is C31H30F3N5O3S2. The Labute approximate surface area is 258 Å². The van der Waals surface area contributed by atoms with Crippen LogP contribution in [0, 0.1) is 5.41 Å². The summed E-state index contributed by atoms with van der Waals surface area (Å²) in [7, 11) is 0. The zero-order valence-electron chi connectivity index (χ0n) is 24.2. The van der Waals surface area contributed by atoms with Gasteiger partial charge in [0, 0.05) is 70.3 Å². The fourth-order valence-electron chi connectivity index (χ4n) is 7.16. The molecule has 13 heteroatoms. The van der Waals surface area contributed by atoms with Crippen LogP contribution in [-0.2, 0) is 17.5 Å². The van der Waals surface area contributed by atoms with E-state index in [0.717, 1.165) is 25.3 Å². The SMILES string of the molecule is C=CC(=O)N1[C@H](C)CN(c2nc(=O)n3c4c(c(-c5csc6ccc(=O)[nH]c56)c(C(F)(F)F)cc24)SCC2(CCC2)C3)C[C@@H]1C. The van der Waals surface area contributed by atoms with Crippen molar-refractivity contribution in [3.63, 3.8) is 0 Å². The van der Waals surface area contributed by atoms with E-state index >= 15 is 13.2 Å². The molecule has 1 amide bonds. The molecule has 2 aliphatic heterocycles. The molecule has 5 heterocycles. The second-order valence-electron chi connectivity index (χ2n) is 12.2. The van der Waals surface area contributed by atoms with Crippen LogP contribution in [0.25, 0.3) is 32.2 Å². The minimum absolute atomic E-state index is 0.0205. The first-order valence-corrected chi connectivity index (χ1v) is 16.4. The minimum Gasteiger partial charge on any atom is -0.352 e. The van der Waals surface area contributed by atoms with Crippen molar-refractivity contribution in [2.75, 3.05) is 23.7 Å². The van der Waals surface area contributed by atoms with Gasteiger partial charge in [0.1, 0.15) is 5.82 Å². The number of thiophene rings is 1. The number of pyridine rings is 1. The third kappa shape index (κ3) is 4.49. The Morgan fingerprint density at radius 2 is 1.91 bits per heavy atom. The summed E-state index contributed by atoms with van der Waals surface area (Å²) in [5.74, 6) is 0.540. The molecule has 3 aliphatic rings. The zero-order chi connectivity index (χ0) is 31.1. The van der Waals surface area contributed by atoms with Gasteiger partial charge in [0.05, 0.1) is 21.3 Å². The fourth-order valence-corrected chi connectivity index (χ4v) is 9.62. The molecule has 2 atom stereocenters. The maximum absolute atomic E-state index is 15.1. The Bertz CT molecular complexity index is 1960. The first kappa shape index (κ1) is 29.1. The summed E-state index contributed by atoms with van der Waals surface area (Å²) in [5.41, 5.74) is -0.880. The van der Waals surface area contributed by atoms with E-state index in [0.29, 0.717) is 51.6 Å². The summed E-state index contributed by atoms with van der Waals surface area (Å²) in [5, 5.41) is 1.91. The predicted molar refractivity (Wildman–Crippen MR) is 168 cm³/mol. The minimum atomic E-state index is -4.74. The highest BCUT2D eigenvalue weighted by Crippen LogP contribution is 2.54. The standard InChI is InChI=1S/C31H30F3N5O3S2/c1-4-23(41)39-16(2)11-37(12-17(39)3)28-18-10-20(31(32,33)34)24(19-13-43-21-6-7-22(40)35-25(19)21)27-26(18)38(29(42)36-28)14-30(15-44-27)8-5-9-30/h4,6-7,10,13,16-17H,1,5,8-9,11-12,14-15H2,2-3H3,(H,35,40)/t16-,17+. The van der Waals surface area contributed by atoms with Gasteiger partial charge in [-0.15, -0.1) is 23.1 Å². The summed E-state index contributed by atoms with van der Waals surface area (Å²) >= 11 is 2.63. The van der Waals surface area contributed by atoms with Crippen molar-refractivity contribution in [2.24, 2.45) is 5.41 Å². The van der Waals surface area contributed by atoms with Crippen molar-refractivity contribution in [3.05, 3.63) is 62.6 Å². The van der Waals surface area contributed by atoms with Gasteiger partial charge in [0.2, 0.25) is 11.5 Å². The molecule has 0 radical (unpaired) electrons. The van der Waals surface area contributed by atoms with Gasteiger partial charge in [-0.05, 0) is 50.3 Å². The maximum atomic E-state index is 15.1. The molecule has 0 unspecified atom stereocenters. The number of amides is 1. The fraction of sp³-hybridized carbons (Fsp3) is 0.419. The van der Waals surface area contributed by atoms with E-state index < -0.39 is 23.0 Å². The number of nitrogens with zero attached hydrogens (tertiary/aromatic N) is 4. The van der Waals surface area contributed by atoms with Gasteiger partial charge >= 0.3 is 11.9 Å². The molecule has 0 bridgehead atoms. The van der Waals surface area contributed by atoms with Crippen LogP contribution < -0.4 is 16.1 Å². The summed E-state index contributed by atoms with van der Waals surface area (Å²) in [6, 6.07) is 3.52. The molecule has 3 aromatic heterocycles. The third-order valence-corrected chi connectivity index (χ3v) is 11.7. The van der Waals surface area contributed by atoms with E-state index in [1.807, 2.05) is 18.7 Å². The second kappa shape index (κ2) is 10.2. The molecule has 1 aliphatic carbocycles. The van der Waals surface area contributed by atoms with Crippen LogP contribution in [0.3, 0.4) is 0 Å². The van der Waals surface area contributed by atoms with E-state index in [9.17, 15) is 14.4 Å². The van der Waals surface area contributed by atoms with Crippen LogP contribution in [0.5, 0.6) is 0 Å². The largest absolute Gasteiger partial charge is 0.417 e. The molecule has 2 fully saturated rings. The van der Waals surface area contributed by atoms with Gasteiger partial charge in [-0.1, -0.05) is 13.0 Å². The van der Waals surface area contributed by atoms with Gasteiger partial charge in [0.15, 0.2) is 0 Å². The lowest BCUT2D eigenvalue weighted by Crippen LogP contribution is -2.58. The molecule has 8 nitrogen and oxygen atoms in total. The topological polar surface area (TPSA) is 91.3 Å². The molecule has 1 spiro atoms. The highest BCUT2D eigenvalue weighted by Gasteiger charge is 2.44. The second-order valence-corrected chi connectivity index (χ2v) is 14.1. The number of fused-ring (bicyclic) bond motifs is 1. The van der Waals surface area contributed by atoms with Gasteiger partial charge in [-0.3, -0.25) is 14.2 Å². The van der Waals surface area contributed by atoms with Gasteiger partial charge in [-0.25, -0.2) is 4.79 Å². The summed E-state index contributed by atoms with van der Waals surface area (Å²) in [6.45, 7) is 8.30. The number of benzene rings is 1. The molecule has 44 heavy (non-hydrogen) atoms. The van der Waals surface area contributed by atoms with Crippen LogP contribution in [-0.4, -0.2) is 56.3 Å². The first-order valence-electron chi connectivity index (χ1n) is 14.5. The number of thioether (sulfide) groups is 1. The molecule has 1 aromatic carbocycles. The molecular weight excluding hydrogens is 612 g/mol. The Morgan fingerprint density at radius 3 is 2.55 bits per heavy atom. The lowest BCUT2D eigenvalue weighted by Gasteiger charge is -2.45. The highest BCUT2D eigenvalue weighted by molar-refractivity contribution is 7.99. The number of piperazine rings is 1. The molecule has 7 rings (SSSR count). The Balaban J connectivity index is 1.53. The van der Waals surface area contributed by atoms with Crippen molar-refractivity contribution in [3.8, 4) is 11.1 Å². The van der Waals surface area contributed by atoms with Crippen molar-refractivity contribution >= 4 is 55.9 Å². The number of carbonyl (C=O) groups excluding carboxylic acids is 1. The smallest absolute Gasteiger partial charge is 0.352 e. The maximum Gasteiger partial charge on any atom is 0.417 e. The van der Waals surface area contributed by atoms with Crippen LogP contribution in [0.1, 0.15) is 38.7 Å². The Kier molecular flexibility index (Phi) is 6.78. The van der Waals surface area contributed by atoms with Crippen LogP contribution in [0.2, 0.25) is 0 Å². The summed E-state index contributed by atoms with van der Waals surface area (Å²) in [4.78, 5) is 49.9. The predicted octanol–water partition coefficient (Wildman–Crippen LogP) is 5.87. The van der Waals surface area contributed by atoms with E-state index in [-0.39, 0.29) is 40.2 Å². The van der Waals surface area contributed by atoms with Crippen LogP contribution >= 0.6 is 23.1 Å². The first-order chi connectivity index (χ1) is 20.9. The van der Waals surface area contributed by atoms with E-state index in [1.54, 1.807) is 20.9 Å². The molecule has 1 N–H and O–H groups in total. The van der Waals surface area contributed by atoms with Crippen molar-refractivity contribution in [1.29, 1.82) is 0 Å². The number of rotatable bonds is 3. The number of nitrogens with one attached hydrogen (secondary N) is 1. The molecule has 1 saturated carbocycles. The number of alkyl halides is 3. The molecule has 230 valence electrons. The molecule has 4 aromatic rings. The number of aromatic nitrogens is 3. The normalized spacial score (nSPS) is 21.5. The lowest BCUT2D eigenvalue weighted by molar-refractivity contribution is -0.137. The lowest BCUT2D eigenvalue weighted by atomic mass is 9.70. The number of aromatic amines is 1. The number of hydrogen-bond acceptors (Lipinski definition) is 7. The number of H-pyrrole nitrogens is 1. The Hall–Kier alpha value is -3.58. The van der Waals surface area contributed by atoms with Crippen LogP contribution in [0.15, 0.2) is 50.7 Å². The van der Waals surface area contributed by atoms with Crippen molar-refractivity contribution in [1.82, 2.24) is 19.4 Å². The monoisotopic (exact) mass is 641 g/mol. The Morgan fingerprint density at radius 1 is 1.18 bits per heavy atom. The van der Waals surface area contributed by atoms with Crippen molar-refractivity contribution < 1.29 is 18.0 Å². The van der Waals surface area contributed by atoms with E-state index in [1.165, 1.54) is 35.2 Å². The van der Waals surface area contributed by atoms with E-state index in [4.69, 9.17) is 0 Å². The van der Waals surface area contributed by atoms with Gasteiger partial charge in [0.25, 0.3) is 0 Å². The summed E-state index contributed by atoms with van der Waals surface area (Å²) < 4.78 is 47.7. The van der Waals surface area contributed by atoms with Crippen LogP contribution in [0.4, 0.5) is 19.0 Å². The van der Waals surface area contributed by atoms with Gasteiger partial charge in [-0.2, -0.15) is 18.2 Å². The highest BCUT2D eigenvalue weighted by atomic mass is 32.2. The van der Waals surface area contributed by atoms with E-state index in [2.05, 4.69) is 16.5 Å². The molecule has 1 saturated heterocycles. The quantitative estimate of drug-likeness (QED) is 0.282. The number of halogens is 3. The van der Waals surface area contributed by atoms with Gasteiger partial charge < -0.3 is 14.8 Å². The summed E-state index contributed by atoms with van der Waals surface area (Å²) in [6.07, 6.45) is -0.716. The average molecular weight is 642 g/mol. The number of anilines is 1. The third-order valence-electron chi connectivity index (χ3n) is 9.31.